The molecule has 0 radical (unpaired) electrons. The highest BCUT2D eigenvalue weighted by Gasteiger charge is 2.14. The van der Waals surface area contributed by atoms with Crippen LogP contribution in [0.5, 0.6) is 0 Å². The highest BCUT2D eigenvalue weighted by molar-refractivity contribution is 5.83. The quantitative estimate of drug-likeness (QED) is 0.730. The van der Waals surface area contributed by atoms with E-state index in [-0.39, 0.29) is 5.89 Å². The summed E-state index contributed by atoms with van der Waals surface area (Å²) in [6.45, 7) is 0. The highest BCUT2D eigenvalue weighted by Crippen LogP contribution is 2.15. The summed E-state index contributed by atoms with van der Waals surface area (Å²) in [4.78, 5) is 18.0. The molecule has 0 aliphatic heterocycles. The molecule has 2 aromatic heterocycles. The summed E-state index contributed by atoms with van der Waals surface area (Å²) < 4.78 is 4.71. The molecule has 0 unspecified atom stereocenters. The number of pyridine rings is 1. The van der Waals surface area contributed by atoms with E-state index in [1.54, 1.807) is 18.2 Å². The predicted molar refractivity (Wildman–Crippen MR) is 48.9 cm³/mol. The van der Waals surface area contributed by atoms with E-state index < -0.39 is 11.8 Å². The molecule has 3 N–H and O–H groups in total. The van der Waals surface area contributed by atoms with Gasteiger partial charge in [-0.25, -0.2) is 9.78 Å². The summed E-state index contributed by atoms with van der Waals surface area (Å²) in [6, 6.07) is 4.84. The number of nitrogen functional groups attached to an aromatic ring is 1. The lowest BCUT2D eigenvalue weighted by molar-refractivity contribution is 0.0680. The van der Waals surface area contributed by atoms with E-state index in [9.17, 15) is 4.79 Å². The van der Waals surface area contributed by atoms with Crippen LogP contribution in [-0.2, 0) is 0 Å². The maximum absolute atomic E-state index is 10.5. The van der Waals surface area contributed by atoms with Gasteiger partial charge in [-0.15, -0.1) is 0 Å². The van der Waals surface area contributed by atoms with Gasteiger partial charge in [-0.2, -0.15) is 4.98 Å². The van der Waals surface area contributed by atoms with Gasteiger partial charge < -0.3 is 15.4 Å². The van der Waals surface area contributed by atoms with Crippen molar-refractivity contribution >= 4 is 11.8 Å². The normalized spacial score (nSPS) is 10.1. The Bertz CT molecular complexity index is 508. The zero-order chi connectivity index (χ0) is 10.8. The summed E-state index contributed by atoms with van der Waals surface area (Å²) in [7, 11) is 0. The highest BCUT2D eigenvalue weighted by atomic mass is 16.5. The molecular weight excluding hydrogens is 200 g/mol. The molecule has 0 fully saturated rings. The average molecular weight is 206 g/mol. The first-order valence-electron chi connectivity index (χ1n) is 3.97. The summed E-state index contributed by atoms with van der Waals surface area (Å²) in [5, 5.41) is 11.8. The summed E-state index contributed by atoms with van der Waals surface area (Å²) in [6.07, 6.45) is 0. The third kappa shape index (κ3) is 1.75. The molecule has 0 aromatic carbocycles. The number of hydrogen-bond acceptors (Lipinski definition) is 6. The van der Waals surface area contributed by atoms with Crippen molar-refractivity contribution in [3.05, 3.63) is 24.0 Å². The Labute approximate surface area is 83.6 Å². The summed E-state index contributed by atoms with van der Waals surface area (Å²) in [5.74, 6) is -1.34. The Balaban J connectivity index is 2.41. The van der Waals surface area contributed by atoms with Gasteiger partial charge in [0.25, 0.3) is 11.7 Å². The topological polar surface area (TPSA) is 115 Å². The first-order valence-corrected chi connectivity index (χ1v) is 3.97. The van der Waals surface area contributed by atoms with Crippen LogP contribution in [-0.4, -0.2) is 26.2 Å². The molecule has 0 spiro atoms. The van der Waals surface area contributed by atoms with Gasteiger partial charge in [-0.1, -0.05) is 6.07 Å². The molecule has 15 heavy (non-hydrogen) atoms. The second kappa shape index (κ2) is 3.37. The summed E-state index contributed by atoms with van der Waals surface area (Å²) >= 11 is 0. The Morgan fingerprint density at radius 1 is 1.40 bits per heavy atom. The SMILES string of the molecule is Nc1cccc(-c2nc(C(=O)O)no2)n1. The second-order valence-corrected chi connectivity index (χ2v) is 2.68. The van der Waals surface area contributed by atoms with Crippen LogP contribution in [0.2, 0.25) is 0 Å². The number of carbonyl (C=O) groups is 1. The van der Waals surface area contributed by atoms with Crippen LogP contribution < -0.4 is 5.73 Å². The lowest BCUT2D eigenvalue weighted by Crippen LogP contribution is -1.98. The first-order chi connectivity index (χ1) is 7.16. The number of carboxylic acids is 1. The van der Waals surface area contributed by atoms with Crippen molar-refractivity contribution in [1.82, 2.24) is 15.1 Å². The molecule has 2 heterocycles. The van der Waals surface area contributed by atoms with Gasteiger partial charge in [0, 0.05) is 0 Å². The Morgan fingerprint density at radius 2 is 2.20 bits per heavy atom. The van der Waals surface area contributed by atoms with Crippen LogP contribution >= 0.6 is 0 Å². The number of anilines is 1. The van der Waals surface area contributed by atoms with Crippen LogP contribution in [0, 0.1) is 0 Å². The van der Waals surface area contributed by atoms with E-state index in [2.05, 4.69) is 15.1 Å². The van der Waals surface area contributed by atoms with E-state index in [0.29, 0.717) is 11.5 Å². The van der Waals surface area contributed by atoms with Crippen molar-refractivity contribution in [1.29, 1.82) is 0 Å². The van der Waals surface area contributed by atoms with Crippen LogP contribution in [0.15, 0.2) is 22.7 Å². The van der Waals surface area contributed by atoms with E-state index in [1.807, 2.05) is 0 Å². The molecule has 0 saturated heterocycles. The summed E-state index contributed by atoms with van der Waals surface area (Å²) in [5.41, 5.74) is 5.79. The van der Waals surface area contributed by atoms with Crippen molar-refractivity contribution in [2.75, 3.05) is 5.73 Å². The van der Waals surface area contributed by atoms with Gasteiger partial charge in [0.15, 0.2) is 0 Å². The molecule has 0 saturated carbocycles. The zero-order valence-electron chi connectivity index (χ0n) is 7.41. The predicted octanol–water partition coefficient (Wildman–Crippen LogP) is 0.412. The standard InChI is InChI=1S/C8H6N4O3/c9-5-3-1-2-4(10-5)7-11-6(8(13)14)12-15-7/h1-3H,(H2,9,10)(H,13,14). The molecule has 0 aliphatic carbocycles. The van der Waals surface area contributed by atoms with E-state index in [1.165, 1.54) is 0 Å². The number of hydrogen-bond donors (Lipinski definition) is 2. The van der Waals surface area contributed by atoms with Crippen molar-refractivity contribution in [2.45, 2.75) is 0 Å². The van der Waals surface area contributed by atoms with Gasteiger partial charge in [-0.3, -0.25) is 0 Å². The molecule has 2 rings (SSSR count). The lowest BCUT2D eigenvalue weighted by atomic mass is 10.3. The average Bonchev–Trinajstić information content (AvgIpc) is 2.66. The molecule has 7 nitrogen and oxygen atoms in total. The third-order valence-corrected chi connectivity index (χ3v) is 1.61. The fourth-order valence-corrected chi connectivity index (χ4v) is 0.985. The van der Waals surface area contributed by atoms with Gasteiger partial charge in [0.2, 0.25) is 0 Å². The van der Waals surface area contributed by atoms with Crippen LogP contribution in [0.4, 0.5) is 5.82 Å². The molecule has 7 heteroatoms. The monoisotopic (exact) mass is 206 g/mol. The van der Waals surface area contributed by atoms with Crippen molar-refractivity contribution in [2.24, 2.45) is 0 Å². The van der Waals surface area contributed by atoms with Crippen molar-refractivity contribution in [3.8, 4) is 11.6 Å². The lowest BCUT2D eigenvalue weighted by Gasteiger charge is -1.93. The maximum Gasteiger partial charge on any atom is 0.377 e. The number of rotatable bonds is 2. The van der Waals surface area contributed by atoms with E-state index >= 15 is 0 Å². The minimum atomic E-state index is -1.26. The van der Waals surface area contributed by atoms with Gasteiger partial charge in [0.1, 0.15) is 11.5 Å². The molecular formula is C8H6N4O3. The molecule has 0 bridgehead atoms. The number of aromatic nitrogens is 3. The van der Waals surface area contributed by atoms with E-state index in [4.69, 9.17) is 15.4 Å². The van der Waals surface area contributed by atoms with Crippen LogP contribution in [0.1, 0.15) is 10.6 Å². The molecule has 2 aromatic rings. The fourth-order valence-electron chi connectivity index (χ4n) is 0.985. The molecule has 76 valence electrons. The third-order valence-electron chi connectivity index (χ3n) is 1.61. The Morgan fingerprint density at radius 3 is 2.80 bits per heavy atom. The van der Waals surface area contributed by atoms with Gasteiger partial charge in [0.05, 0.1) is 0 Å². The Hall–Kier alpha value is -2.44. The molecule has 0 aliphatic rings. The minimum absolute atomic E-state index is 0.0275. The van der Waals surface area contributed by atoms with Gasteiger partial charge >= 0.3 is 5.97 Å². The Kier molecular flexibility index (Phi) is 2.05. The van der Waals surface area contributed by atoms with Crippen molar-refractivity contribution < 1.29 is 14.4 Å². The van der Waals surface area contributed by atoms with Crippen molar-refractivity contribution in [3.63, 3.8) is 0 Å². The zero-order valence-corrected chi connectivity index (χ0v) is 7.41. The maximum atomic E-state index is 10.5. The number of nitrogens with two attached hydrogens (primary N) is 1. The molecule has 0 atom stereocenters. The molecule has 0 amide bonds. The van der Waals surface area contributed by atoms with Crippen LogP contribution in [0.25, 0.3) is 11.6 Å². The first kappa shape index (κ1) is 9.13. The fraction of sp³-hybridized carbons (Fsp3) is 0. The second-order valence-electron chi connectivity index (χ2n) is 2.68. The number of carboxylic acid groups (broad SMARTS) is 1. The number of nitrogens with zero attached hydrogens (tertiary/aromatic N) is 3. The van der Waals surface area contributed by atoms with E-state index in [0.717, 1.165) is 0 Å². The largest absolute Gasteiger partial charge is 0.475 e. The number of aromatic carboxylic acids is 1. The van der Waals surface area contributed by atoms with Gasteiger partial charge in [-0.05, 0) is 17.3 Å². The van der Waals surface area contributed by atoms with Crippen LogP contribution in [0.3, 0.4) is 0 Å². The smallest absolute Gasteiger partial charge is 0.377 e. The minimum Gasteiger partial charge on any atom is -0.475 e.